The van der Waals surface area contributed by atoms with Crippen LogP contribution in [0.3, 0.4) is 0 Å². The Hall–Kier alpha value is -4.40. The second-order valence-corrected chi connectivity index (χ2v) is 7.34. The van der Waals surface area contributed by atoms with Gasteiger partial charge in [0.05, 0.1) is 16.6 Å². The molecule has 0 aliphatic carbocycles. The van der Waals surface area contributed by atoms with Crippen LogP contribution in [0.1, 0.15) is 26.3 Å². The molecule has 0 saturated heterocycles. The van der Waals surface area contributed by atoms with Gasteiger partial charge in [-0.3, -0.25) is 14.3 Å². The van der Waals surface area contributed by atoms with Crippen molar-refractivity contribution in [3.8, 4) is 11.1 Å². The lowest BCUT2D eigenvalue weighted by atomic mass is 9.97. The van der Waals surface area contributed by atoms with Gasteiger partial charge in [0, 0.05) is 47.5 Å². The number of ketones is 1. The van der Waals surface area contributed by atoms with E-state index in [1.165, 1.54) is 6.20 Å². The van der Waals surface area contributed by atoms with E-state index in [2.05, 4.69) is 15.1 Å². The van der Waals surface area contributed by atoms with Gasteiger partial charge in [0.2, 0.25) is 5.78 Å². The Labute approximate surface area is 179 Å². The van der Waals surface area contributed by atoms with Crippen molar-refractivity contribution in [1.29, 1.82) is 0 Å². The van der Waals surface area contributed by atoms with Crippen molar-refractivity contribution in [2.45, 2.75) is 0 Å². The summed E-state index contributed by atoms with van der Waals surface area (Å²) in [6, 6.07) is 9.12. The summed E-state index contributed by atoms with van der Waals surface area (Å²) in [7, 11) is 1.82. The number of nitrogens with one attached hydrogen (secondary N) is 1. The highest BCUT2D eigenvalue weighted by Gasteiger charge is 2.26. The lowest BCUT2D eigenvalue weighted by Crippen LogP contribution is -2.17. The van der Waals surface area contributed by atoms with Crippen molar-refractivity contribution in [1.82, 2.24) is 19.7 Å². The van der Waals surface area contributed by atoms with E-state index in [1.807, 2.05) is 31.4 Å². The maximum atomic E-state index is 14.8. The van der Waals surface area contributed by atoms with Crippen LogP contribution < -0.4 is 5.73 Å². The van der Waals surface area contributed by atoms with Crippen molar-refractivity contribution in [2.24, 2.45) is 12.8 Å². The first-order valence-corrected chi connectivity index (χ1v) is 9.57. The zero-order valence-electron chi connectivity index (χ0n) is 16.7. The third-order valence-corrected chi connectivity index (χ3v) is 5.33. The van der Waals surface area contributed by atoms with E-state index in [0.717, 1.165) is 28.6 Å². The van der Waals surface area contributed by atoms with Crippen molar-refractivity contribution in [3.05, 3.63) is 83.3 Å². The predicted octanol–water partition coefficient (Wildman–Crippen LogP) is 3.72. The molecule has 0 fully saturated rings. The molecule has 158 valence electrons. The van der Waals surface area contributed by atoms with Crippen LogP contribution in [0.25, 0.3) is 33.1 Å². The number of nitrogens with zero attached hydrogens (tertiary/aromatic N) is 3. The molecule has 5 rings (SSSR count). The van der Waals surface area contributed by atoms with E-state index in [4.69, 9.17) is 5.73 Å². The maximum absolute atomic E-state index is 14.8. The zero-order chi connectivity index (χ0) is 22.6. The Kier molecular flexibility index (Phi) is 4.33. The molecule has 0 aliphatic heterocycles. The number of carbonyl (C=O) groups excluding carboxylic acids is 2. The van der Waals surface area contributed by atoms with Crippen molar-refractivity contribution in [3.63, 3.8) is 0 Å². The van der Waals surface area contributed by atoms with Gasteiger partial charge in [-0.25, -0.2) is 13.8 Å². The summed E-state index contributed by atoms with van der Waals surface area (Å²) < 4.78 is 30.9. The number of hydrogen-bond acceptors (Lipinski definition) is 4. The van der Waals surface area contributed by atoms with Gasteiger partial charge in [0.15, 0.2) is 0 Å². The summed E-state index contributed by atoms with van der Waals surface area (Å²) >= 11 is 0. The predicted molar refractivity (Wildman–Crippen MR) is 114 cm³/mol. The van der Waals surface area contributed by atoms with Gasteiger partial charge in [0.25, 0.3) is 5.91 Å². The second-order valence-electron chi connectivity index (χ2n) is 7.34. The number of hydrogen-bond donors (Lipinski definition) is 2. The Balaban J connectivity index is 1.68. The number of aromatic amines is 1. The van der Waals surface area contributed by atoms with Crippen LogP contribution in [0.2, 0.25) is 0 Å². The summed E-state index contributed by atoms with van der Waals surface area (Å²) in [4.78, 5) is 31.8. The van der Waals surface area contributed by atoms with E-state index in [-0.39, 0.29) is 5.56 Å². The van der Waals surface area contributed by atoms with Gasteiger partial charge in [-0.05, 0) is 29.8 Å². The third kappa shape index (κ3) is 2.94. The van der Waals surface area contributed by atoms with Gasteiger partial charge in [-0.15, -0.1) is 0 Å². The number of rotatable bonds is 4. The number of halogens is 2. The van der Waals surface area contributed by atoms with Crippen LogP contribution >= 0.6 is 0 Å². The molecule has 32 heavy (non-hydrogen) atoms. The monoisotopic (exact) mass is 431 g/mol. The molecule has 0 bridgehead atoms. The largest absolute Gasteiger partial charge is 0.366 e. The van der Waals surface area contributed by atoms with Crippen LogP contribution in [0.5, 0.6) is 0 Å². The normalized spacial score (nSPS) is 11.3. The van der Waals surface area contributed by atoms with Crippen molar-refractivity contribution >= 4 is 33.6 Å². The molecule has 0 atom stereocenters. The van der Waals surface area contributed by atoms with E-state index < -0.39 is 34.5 Å². The number of aromatic nitrogens is 4. The van der Waals surface area contributed by atoms with E-state index >= 15 is 0 Å². The van der Waals surface area contributed by atoms with Gasteiger partial charge >= 0.3 is 0 Å². The minimum atomic E-state index is -1.29. The maximum Gasteiger partial charge on any atom is 0.251 e. The van der Waals surface area contributed by atoms with Crippen LogP contribution in [-0.4, -0.2) is 31.4 Å². The highest BCUT2D eigenvalue weighted by atomic mass is 19.1. The summed E-state index contributed by atoms with van der Waals surface area (Å²) in [5.74, 6) is -4.39. The molecule has 3 aromatic heterocycles. The number of primary amides is 1. The number of fused-ring (bicyclic) bond motifs is 2. The summed E-state index contributed by atoms with van der Waals surface area (Å²) in [6.45, 7) is 0. The molecular weight excluding hydrogens is 416 g/mol. The number of carbonyl (C=O) groups is 2. The molecule has 0 radical (unpaired) electrons. The number of nitrogens with two attached hydrogens (primary N) is 1. The molecule has 0 saturated carbocycles. The van der Waals surface area contributed by atoms with Crippen LogP contribution in [0.15, 0.2) is 55.0 Å². The first-order chi connectivity index (χ1) is 15.3. The summed E-state index contributed by atoms with van der Waals surface area (Å²) in [5, 5.41) is 5.67. The topological polar surface area (TPSA) is 107 Å². The molecule has 2 aromatic carbocycles. The van der Waals surface area contributed by atoms with Gasteiger partial charge in [0.1, 0.15) is 17.3 Å². The fourth-order valence-electron chi connectivity index (χ4n) is 3.84. The molecule has 0 unspecified atom stereocenters. The number of pyridine rings is 1. The quantitative estimate of drug-likeness (QED) is 0.423. The lowest BCUT2D eigenvalue weighted by Gasteiger charge is -2.07. The third-order valence-electron chi connectivity index (χ3n) is 5.33. The molecule has 1 amide bonds. The average Bonchev–Trinajstić information content (AvgIpc) is 3.35. The molecular formula is C23H15F2N5O2. The fourth-order valence-corrected chi connectivity index (χ4v) is 3.84. The molecule has 3 heterocycles. The fraction of sp³-hybridized carbons (Fsp3) is 0.0435. The molecule has 7 nitrogen and oxygen atoms in total. The lowest BCUT2D eigenvalue weighted by molar-refractivity contribution is 0.0996. The minimum Gasteiger partial charge on any atom is -0.366 e. The second kappa shape index (κ2) is 7.09. The zero-order valence-corrected chi connectivity index (χ0v) is 16.7. The number of aryl methyl sites for hydroxylation is 1. The van der Waals surface area contributed by atoms with E-state index in [9.17, 15) is 18.4 Å². The molecule has 0 aliphatic rings. The van der Waals surface area contributed by atoms with Gasteiger partial charge in [-0.1, -0.05) is 12.1 Å². The SMILES string of the molecule is Cn1cc2c(-c3cnc4[nH]cc(C(=O)c5c(F)ccc(C(N)=O)c5F)c4c3)cccc2n1. The highest BCUT2D eigenvalue weighted by molar-refractivity contribution is 6.17. The molecule has 5 aromatic rings. The minimum absolute atomic E-state index is 0.0205. The van der Waals surface area contributed by atoms with Crippen molar-refractivity contribution < 1.29 is 18.4 Å². The average molecular weight is 431 g/mol. The summed E-state index contributed by atoms with van der Waals surface area (Å²) in [5.41, 5.74) is 6.48. The molecule has 3 N–H and O–H groups in total. The molecule has 0 spiro atoms. The van der Waals surface area contributed by atoms with Crippen LogP contribution in [0, 0.1) is 11.6 Å². The van der Waals surface area contributed by atoms with Crippen molar-refractivity contribution in [2.75, 3.05) is 0 Å². The first-order valence-electron chi connectivity index (χ1n) is 9.57. The highest BCUT2D eigenvalue weighted by Crippen LogP contribution is 2.31. The number of benzene rings is 2. The number of amides is 1. The Morgan fingerprint density at radius 3 is 2.69 bits per heavy atom. The summed E-state index contributed by atoms with van der Waals surface area (Å²) in [6.07, 6.45) is 4.85. The van der Waals surface area contributed by atoms with Crippen LogP contribution in [0.4, 0.5) is 8.78 Å². The Morgan fingerprint density at radius 2 is 1.91 bits per heavy atom. The molecule has 9 heteroatoms. The van der Waals surface area contributed by atoms with Gasteiger partial charge in [-0.2, -0.15) is 5.10 Å². The standard InChI is InChI=1S/C23H15F2N5O2/c1-30-10-16-12(3-2-4-18(16)29-30)11-7-14-15(9-28-23(14)27-8-11)21(31)19-17(24)6-5-13(20(19)25)22(26)32/h2-10H,1H3,(H2,26,32)(H,27,28). The Morgan fingerprint density at radius 1 is 1.09 bits per heavy atom. The van der Waals surface area contributed by atoms with E-state index in [1.54, 1.807) is 16.9 Å². The Bertz CT molecular complexity index is 1570. The van der Waals surface area contributed by atoms with E-state index in [0.29, 0.717) is 16.6 Å². The smallest absolute Gasteiger partial charge is 0.251 e. The number of H-pyrrole nitrogens is 1. The van der Waals surface area contributed by atoms with Crippen LogP contribution in [-0.2, 0) is 7.05 Å². The van der Waals surface area contributed by atoms with Gasteiger partial charge < -0.3 is 10.7 Å². The first kappa shape index (κ1) is 19.6.